The summed E-state index contributed by atoms with van der Waals surface area (Å²) in [5.41, 5.74) is -1.25. The Morgan fingerprint density at radius 1 is 1.30 bits per heavy atom. The van der Waals surface area contributed by atoms with Crippen LogP contribution in [-0.2, 0) is 33.3 Å². The molecule has 23 heavy (non-hydrogen) atoms. The SMILES string of the molecule is COC(=O)C1=C(C=O)C2C=C(N3CCOCC3)C1(C(=O)OC)O2. The van der Waals surface area contributed by atoms with E-state index in [1.807, 2.05) is 4.90 Å². The monoisotopic (exact) mass is 323 g/mol. The van der Waals surface area contributed by atoms with Crippen LogP contribution in [0.1, 0.15) is 0 Å². The van der Waals surface area contributed by atoms with Crippen LogP contribution in [0.2, 0.25) is 0 Å². The molecule has 8 heteroatoms. The van der Waals surface area contributed by atoms with Crippen molar-refractivity contribution in [2.75, 3.05) is 40.5 Å². The summed E-state index contributed by atoms with van der Waals surface area (Å²) in [4.78, 5) is 38.1. The summed E-state index contributed by atoms with van der Waals surface area (Å²) < 4.78 is 20.7. The molecule has 0 amide bonds. The lowest BCUT2D eigenvalue weighted by molar-refractivity contribution is -0.162. The summed E-state index contributed by atoms with van der Waals surface area (Å²) in [5.74, 6) is -1.53. The molecule has 1 saturated heterocycles. The van der Waals surface area contributed by atoms with Crippen molar-refractivity contribution in [1.82, 2.24) is 4.90 Å². The smallest absolute Gasteiger partial charge is 0.349 e. The van der Waals surface area contributed by atoms with Crippen molar-refractivity contribution in [3.8, 4) is 0 Å². The summed E-state index contributed by atoms with van der Waals surface area (Å²) >= 11 is 0. The Kier molecular flexibility index (Phi) is 3.95. The van der Waals surface area contributed by atoms with E-state index in [2.05, 4.69) is 0 Å². The molecular formula is C15H17NO7. The molecule has 0 aromatic carbocycles. The van der Waals surface area contributed by atoms with Crippen LogP contribution in [0.15, 0.2) is 22.9 Å². The number of aldehydes is 1. The van der Waals surface area contributed by atoms with E-state index in [0.717, 1.165) is 0 Å². The third-order valence-corrected chi connectivity index (χ3v) is 4.26. The molecule has 2 atom stereocenters. The fraction of sp³-hybridized carbons (Fsp3) is 0.533. The number of nitrogens with zero attached hydrogens (tertiary/aromatic N) is 1. The zero-order valence-corrected chi connectivity index (χ0v) is 12.9. The van der Waals surface area contributed by atoms with Crippen LogP contribution in [0.4, 0.5) is 0 Å². The maximum absolute atomic E-state index is 12.5. The third kappa shape index (κ3) is 2.09. The van der Waals surface area contributed by atoms with Gasteiger partial charge < -0.3 is 23.8 Å². The van der Waals surface area contributed by atoms with Gasteiger partial charge in [0.15, 0.2) is 0 Å². The highest BCUT2D eigenvalue weighted by molar-refractivity contribution is 6.09. The maximum atomic E-state index is 12.5. The normalized spacial score (nSPS) is 29.4. The Bertz CT molecular complexity index is 617. The number of methoxy groups -OCH3 is 2. The van der Waals surface area contributed by atoms with Gasteiger partial charge in [0.25, 0.3) is 0 Å². The molecule has 3 heterocycles. The van der Waals surface area contributed by atoms with Gasteiger partial charge in [0.1, 0.15) is 12.4 Å². The number of esters is 2. The quantitative estimate of drug-likeness (QED) is 0.490. The van der Waals surface area contributed by atoms with Crippen molar-refractivity contribution in [3.05, 3.63) is 22.9 Å². The molecule has 2 bridgehead atoms. The molecule has 2 unspecified atom stereocenters. The van der Waals surface area contributed by atoms with Crippen molar-refractivity contribution in [1.29, 1.82) is 0 Å². The topological polar surface area (TPSA) is 91.4 Å². The predicted octanol–water partition coefficient (Wildman–Crippen LogP) is -0.805. The zero-order valence-electron chi connectivity index (χ0n) is 12.9. The molecule has 0 N–H and O–H groups in total. The molecule has 0 saturated carbocycles. The van der Waals surface area contributed by atoms with Crippen LogP contribution < -0.4 is 0 Å². The molecule has 0 aromatic heterocycles. The van der Waals surface area contributed by atoms with Gasteiger partial charge in [0.2, 0.25) is 5.60 Å². The van der Waals surface area contributed by atoms with Crippen LogP contribution in [0.3, 0.4) is 0 Å². The van der Waals surface area contributed by atoms with Gasteiger partial charge in [-0.25, -0.2) is 9.59 Å². The van der Waals surface area contributed by atoms with Gasteiger partial charge in [-0.05, 0) is 6.08 Å². The summed E-state index contributed by atoms with van der Waals surface area (Å²) in [6.45, 7) is 2.09. The van der Waals surface area contributed by atoms with E-state index >= 15 is 0 Å². The standard InChI is InChI=1S/C15H17NO7/c1-20-13(18)12-9(8-17)10-7-11(16-3-5-22-6-4-16)15(12,23-10)14(19)21-2/h7-8,10H,3-6H2,1-2H3. The van der Waals surface area contributed by atoms with Crippen LogP contribution in [-0.4, -0.2) is 75.4 Å². The highest BCUT2D eigenvalue weighted by Crippen LogP contribution is 2.49. The molecule has 3 aliphatic heterocycles. The Balaban J connectivity index is 2.11. The molecule has 3 rings (SSSR count). The van der Waals surface area contributed by atoms with E-state index in [9.17, 15) is 14.4 Å². The number of rotatable bonds is 4. The van der Waals surface area contributed by atoms with Crippen molar-refractivity contribution >= 4 is 18.2 Å². The van der Waals surface area contributed by atoms with E-state index in [-0.39, 0.29) is 11.1 Å². The minimum absolute atomic E-state index is 0.0965. The van der Waals surface area contributed by atoms with E-state index in [0.29, 0.717) is 38.3 Å². The lowest BCUT2D eigenvalue weighted by atomic mass is 9.83. The van der Waals surface area contributed by atoms with Gasteiger partial charge in [-0.3, -0.25) is 4.79 Å². The van der Waals surface area contributed by atoms with Gasteiger partial charge in [-0.2, -0.15) is 0 Å². The summed E-state index contributed by atoms with van der Waals surface area (Å²) in [6, 6.07) is 0. The molecule has 0 radical (unpaired) electrons. The molecule has 0 aliphatic carbocycles. The van der Waals surface area contributed by atoms with Crippen LogP contribution >= 0.6 is 0 Å². The number of hydrogen-bond donors (Lipinski definition) is 0. The fourth-order valence-electron chi connectivity index (χ4n) is 3.25. The zero-order chi connectivity index (χ0) is 16.6. The second kappa shape index (κ2) is 5.78. The predicted molar refractivity (Wildman–Crippen MR) is 75.2 cm³/mol. The minimum atomic E-state index is -1.75. The number of morpholine rings is 1. The van der Waals surface area contributed by atoms with Crippen LogP contribution in [0.5, 0.6) is 0 Å². The largest absolute Gasteiger partial charge is 0.466 e. The number of carbonyl (C=O) groups excluding carboxylic acids is 3. The van der Waals surface area contributed by atoms with Crippen molar-refractivity contribution in [2.24, 2.45) is 0 Å². The molecule has 0 aromatic rings. The van der Waals surface area contributed by atoms with E-state index in [1.165, 1.54) is 14.2 Å². The first-order valence-electron chi connectivity index (χ1n) is 7.19. The lowest BCUT2D eigenvalue weighted by Gasteiger charge is -2.37. The number of carbonyl (C=O) groups is 3. The molecule has 124 valence electrons. The van der Waals surface area contributed by atoms with Crippen molar-refractivity contribution < 1.29 is 33.3 Å². The fourth-order valence-corrected chi connectivity index (χ4v) is 3.25. The molecular weight excluding hydrogens is 306 g/mol. The van der Waals surface area contributed by atoms with E-state index in [4.69, 9.17) is 18.9 Å². The third-order valence-electron chi connectivity index (χ3n) is 4.26. The summed E-state index contributed by atoms with van der Waals surface area (Å²) in [5, 5.41) is 0. The molecule has 1 fully saturated rings. The van der Waals surface area contributed by atoms with Gasteiger partial charge >= 0.3 is 11.9 Å². The maximum Gasteiger partial charge on any atom is 0.349 e. The number of fused-ring (bicyclic) bond motifs is 2. The molecule has 3 aliphatic rings. The van der Waals surface area contributed by atoms with Gasteiger partial charge in [-0.1, -0.05) is 0 Å². The number of ether oxygens (including phenoxy) is 4. The first kappa shape index (κ1) is 15.7. The second-order valence-corrected chi connectivity index (χ2v) is 5.30. The average molecular weight is 323 g/mol. The highest BCUT2D eigenvalue weighted by Gasteiger charge is 2.64. The van der Waals surface area contributed by atoms with Crippen LogP contribution in [0.25, 0.3) is 0 Å². The van der Waals surface area contributed by atoms with Crippen molar-refractivity contribution in [3.63, 3.8) is 0 Å². The molecule has 8 nitrogen and oxygen atoms in total. The Morgan fingerprint density at radius 2 is 2.00 bits per heavy atom. The Hall–Kier alpha value is -2.19. The lowest BCUT2D eigenvalue weighted by Crippen LogP contribution is -2.51. The van der Waals surface area contributed by atoms with Gasteiger partial charge in [-0.15, -0.1) is 0 Å². The molecule has 0 spiro atoms. The minimum Gasteiger partial charge on any atom is -0.466 e. The first-order chi connectivity index (χ1) is 11.1. The van der Waals surface area contributed by atoms with E-state index in [1.54, 1.807) is 6.08 Å². The van der Waals surface area contributed by atoms with Gasteiger partial charge in [0, 0.05) is 18.7 Å². The van der Waals surface area contributed by atoms with E-state index < -0.39 is 23.6 Å². The second-order valence-electron chi connectivity index (χ2n) is 5.30. The Morgan fingerprint density at radius 3 is 2.57 bits per heavy atom. The highest BCUT2D eigenvalue weighted by atomic mass is 16.6. The Labute approximate surface area is 132 Å². The van der Waals surface area contributed by atoms with Gasteiger partial charge in [0.05, 0.1) is 38.7 Å². The average Bonchev–Trinajstić information content (AvgIpc) is 3.15. The summed E-state index contributed by atoms with van der Waals surface area (Å²) in [6.07, 6.45) is 1.44. The summed E-state index contributed by atoms with van der Waals surface area (Å²) in [7, 11) is 2.39. The van der Waals surface area contributed by atoms with Crippen LogP contribution in [0, 0.1) is 0 Å². The first-order valence-corrected chi connectivity index (χ1v) is 7.19. The number of hydrogen-bond acceptors (Lipinski definition) is 8. The van der Waals surface area contributed by atoms with Crippen molar-refractivity contribution in [2.45, 2.75) is 11.7 Å².